The Morgan fingerprint density at radius 2 is 1.68 bits per heavy atom. The van der Waals surface area contributed by atoms with Crippen molar-refractivity contribution in [3.63, 3.8) is 0 Å². The van der Waals surface area contributed by atoms with Gasteiger partial charge in [0, 0.05) is 6.21 Å². The first-order chi connectivity index (χ1) is 8.72. The van der Waals surface area contributed by atoms with Crippen molar-refractivity contribution < 1.29 is 35.4 Å². The van der Waals surface area contributed by atoms with Crippen LogP contribution < -0.4 is 0 Å². The number of aliphatic imine (C=N–C) groups is 1. The normalized spacial score (nSPS) is 20.2. The van der Waals surface area contributed by atoms with Crippen LogP contribution >= 0.6 is 0 Å². The third-order valence-electron chi connectivity index (χ3n) is 2.56. The maximum absolute atomic E-state index is 10.8. The van der Waals surface area contributed by atoms with Crippen LogP contribution in [0.3, 0.4) is 0 Å². The number of rotatable bonds is 8. The van der Waals surface area contributed by atoms with Crippen molar-refractivity contribution in [3.05, 3.63) is 0 Å². The third-order valence-corrected chi connectivity index (χ3v) is 2.56. The van der Waals surface area contributed by atoms with E-state index in [1.807, 2.05) is 0 Å². The third kappa shape index (κ3) is 5.62. The molecule has 5 atom stereocenters. The van der Waals surface area contributed by atoms with E-state index in [0.717, 1.165) is 6.21 Å². The Morgan fingerprint density at radius 3 is 2.05 bits per heavy atom. The van der Waals surface area contributed by atoms with Crippen LogP contribution in [0.2, 0.25) is 0 Å². The summed E-state index contributed by atoms with van der Waals surface area (Å²) in [4.78, 5) is 14.5. The fraction of sp³-hybridized carbons (Fsp3) is 0.818. The standard InChI is InChI=1S/C11H21NO7/c1-5(2)8(11(18)19)12-3-6(14)9(16)10(17)7(15)4-13/h3,5-10,13-17H,4H2,1-2H3,(H,18,19). The van der Waals surface area contributed by atoms with Crippen LogP contribution in [0.5, 0.6) is 0 Å². The van der Waals surface area contributed by atoms with Gasteiger partial charge in [0.2, 0.25) is 0 Å². The first-order valence-corrected chi connectivity index (χ1v) is 5.81. The lowest BCUT2D eigenvalue weighted by Gasteiger charge is -2.23. The number of nitrogens with zero attached hydrogens (tertiary/aromatic N) is 1. The quantitative estimate of drug-likeness (QED) is 0.271. The van der Waals surface area contributed by atoms with Crippen LogP contribution in [0.25, 0.3) is 0 Å². The van der Waals surface area contributed by atoms with Crippen LogP contribution in [-0.4, -0.2) is 79.9 Å². The highest BCUT2D eigenvalue weighted by Crippen LogP contribution is 2.08. The van der Waals surface area contributed by atoms with Gasteiger partial charge in [-0.1, -0.05) is 13.8 Å². The zero-order valence-electron chi connectivity index (χ0n) is 10.8. The highest BCUT2D eigenvalue weighted by molar-refractivity contribution is 5.77. The van der Waals surface area contributed by atoms with Gasteiger partial charge in [0.1, 0.15) is 30.5 Å². The lowest BCUT2D eigenvalue weighted by Crippen LogP contribution is -2.46. The minimum atomic E-state index is -1.78. The predicted molar refractivity (Wildman–Crippen MR) is 65.9 cm³/mol. The van der Waals surface area contributed by atoms with Crippen molar-refractivity contribution in [2.24, 2.45) is 10.9 Å². The van der Waals surface area contributed by atoms with Gasteiger partial charge < -0.3 is 30.6 Å². The molecule has 0 spiro atoms. The molecule has 0 radical (unpaired) electrons. The molecule has 0 aromatic rings. The average Bonchev–Trinajstić information content (AvgIpc) is 2.34. The number of carbonyl (C=O) groups is 1. The smallest absolute Gasteiger partial charge is 0.328 e. The van der Waals surface area contributed by atoms with Crippen molar-refractivity contribution in [1.82, 2.24) is 0 Å². The predicted octanol–water partition coefficient (Wildman–Crippen LogP) is -2.40. The zero-order chi connectivity index (χ0) is 15.2. The molecule has 0 aromatic heterocycles. The van der Waals surface area contributed by atoms with E-state index in [9.17, 15) is 20.1 Å². The van der Waals surface area contributed by atoms with E-state index in [1.54, 1.807) is 13.8 Å². The molecule has 8 heteroatoms. The lowest BCUT2D eigenvalue weighted by atomic mass is 10.0. The number of hydrogen-bond donors (Lipinski definition) is 6. The molecule has 0 bridgehead atoms. The Labute approximate surface area is 110 Å². The topological polar surface area (TPSA) is 151 Å². The fourth-order valence-corrected chi connectivity index (χ4v) is 1.33. The summed E-state index contributed by atoms with van der Waals surface area (Å²) in [5, 5.41) is 54.8. The zero-order valence-corrected chi connectivity index (χ0v) is 10.8. The Balaban J connectivity index is 4.66. The van der Waals surface area contributed by atoms with Gasteiger partial charge in [-0.3, -0.25) is 4.99 Å². The molecular weight excluding hydrogens is 258 g/mol. The monoisotopic (exact) mass is 279 g/mol. The van der Waals surface area contributed by atoms with E-state index in [0.29, 0.717) is 0 Å². The van der Waals surface area contributed by atoms with Crippen molar-refractivity contribution in [3.8, 4) is 0 Å². The number of carboxylic acids is 1. The number of carboxylic acid groups (broad SMARTS) is 1. The van der Waals surface area contributed by atoms with Gasteiger partial charge in [0.05, 0.1) is 6.61 Å². The lowest BCUT2D eigenvalue weighted by molar-refractivity contribution is -0.139. The summed E-state index contributed by atoms with van der Waals surface area (Å²) >= 11 is 0. The van der Waals surface area contributed by atoms with Crippen molar-refractivity contribution in [2.75, 3.05) is 6.61 Å². The highest BCUT2D eigenvalue weighted by atomic mass is 16.4. The van der Waals surface area contributed by atoms with Crippen molar-refractivity contribution in [1.29, 1.82) is 0 Å². The summed E-state index contributed by atoms with van der Waals surface area (Å²) in [6.07, 6.45) is -6.02. The van der Waals surface area contributed by atoms with Gasteiger partial charge in [-0.2, -0.15) is 0 Å². The molecule has 19 heavy (non-hydrogen) atoms. The van der Waals surface area contributed by atoms with Gasteiger partial charge in [-0.05, 0) is 5.92 Å². The van der Waals surface area contributed by atoms with Crippen LogP contribution in [0, 0.1) is 5.92 Å². The number of aliphatic carboxylic acids is 1. The van der Waals surface area contributed by atoms with E-state index < -0.39 is 43.0 Å². The number of aliphatic hydroxyl groups is 5. The molecule has 0 aromatic carbocycles. The summed E-state index contributed by atoms with van der Waals surface area (Å²) < 4.78 is 0. The van der Waals surface area contributed by atoms with Crippen molar-refractivity contribution >= 4 is 12.2 Å². The molecule has 5 unspecified atom stereocenters. The Bertz CT molecular complexity index is 307. The highest BCUT2D eigenvalue weighted by Gasteiger charge is 2.29. The first-order valence-electron chi connectivity index (χ1n) is 5.81. The van der Waals surface area contributed by atoms with Crippen molar-refractivity contribution in [2.45, 2.75) is 44.3 Å². The van der Waals surface area contributed by atoms with E-state index in [-0.39, 0.29) is 5.92 Å². The number of hydrogen-bond acceptors (Lipinski definition) is 7. The molecule has 0 heterocycles. The van der Waals surface area contributed by atoms with Crippen LogP contribution in [0.1, 0.15) is 13.8 Å². The molecule has 0 aliphatic rings. The molecular formula is C11H21NO7. The minimum Gasteiger partial charge on any atom is -0.480 e. The largest absolute Gasteiger partial charge is 0.480 e. The van der Waals surface area contributed by atoms with E-state index in [2.05, 4.69) is 4.99 Å². The second kappa shape index (κ2) is 8.18. The summed E-state index contributed by atoms with van der Waals surface area (Å²) in [6.45, 7) is 2.47. The second-order valence-corrected chi connectivity index (χ2v) is 4.55. The fourth-order valence-electron chi connectivity index (χ4n) is 1.33. The molecule has 0 rings (SSSR count). The molecule has 0 amide bonds. The Morgan fingerprint density at radius 1 is 1.16 bits per heavy atom. The molecule has 0 fully saturated rings. The van der Waals surface area contributed by atoms with E-state index in [1.165, 1.54) is 0 Å². The molecule has 0 saturated heterocycles. The van der Waals surface area contributed by atoms with Crippen LogP contribution in [-0.2, 0) is 4.79 Å². The molecule has 0 aliphatic carbocycles. The maximum Gasteiger partial charge on any atom is 0.328 e. The summed E-state index contributed by atoms with van der Waals surface area (Å²) in [6, 6.07) is -1.08. The SMILES string of the molecule is CC(C)C(N=CC(O)C(O)C(O)C(O)CO)C(=O)O. The Hall–Kier alpha value is -1.06. The number of aliphatic hydroxyl groups excluding tert-OH is 5. The van der Waals surface area contributed by atoms with Gasteiger partial charge in [0.15, 0.2) is 0 Å². The molecule has 0 aliphatic heterocycles. The average molecular weight is 279 g/mol. The van der Waals surface area contributed by atoms with Crippen LogP contribution in [0.4, 0.5) is 0 Å². The van der Waals surface area contributed by atoms with Gasteiger partial charge in [-0.15, -0.1) is 0 Å². The molecule has 112 valence electrons. The van der Waals surface area contributed by atoms with Crippen LogP contribution in [0.15, 0.2) is 4.99 Å². The van der Waals surface area contributed by atoms with Gasteiger partial charge in [-0.25, -0.2) is 4.79 Å². The molecule has 0 saturated carbocycles. The summed E-state index contributed by atoms with van der Waals surface area (Å²) in [5.74, 6) is -1.49. The maximum atomic E-state index is 10.8. The molecule has 6 N–H and O–H groups in total. The first kappa shape index (κ1) is 17.9. The van der Waals surface area contributed by atoms with Gasteiger partial charge >= 0.3 is 5.97 Å². The van der Waals surface area contributed by atoms with Gasteiger partial charge in [0.25, 0.3) is 0 Å². The molecule has 8 nitrogen and oxygen atoms in total. The van der Waals surface area contributed by atoms with E-state index in [4.69, 9.17) is 15.3 Å². The second-order valence-electron chi connectivity index (χ2n) is 4.55. The Kier molecular flexibility index (Phi) is 7.72. The minimum absolute atomic E-state index is 0.314. The van der Waals surface area contributed by atoms with E-state index >= 15 is 0 Å². The summed E-state index contributed by atoms with van der Waals surface area (Å²) in [5.41, 5.74) is 0. The summed E-state index contributed by atoms with van der Waals surface area (Å²) in [7, 11) is 0.